The summed E-state index contributed by atoms with van der Waals surface area (Å²) in [5.41, 5.74) is 0. The Morgan fingerprint density at radius 1 is 1.57 bits per heavy atom. The van der Waals surface area contributed by atoms with Crippen molar-refractivity contribution in [3.63, 3.8) is 0 Å². The summed E-state index contributed by atoms with van der Waals surface area (Å²) < 4.78 is 36.9. The number of aromatic nitrogens is 3. The van der Waals surface area contributed by atoms with Crippen molar-refractivity contribution < 1.29 is 18.0 Å². The maximum Gasteiger partial charge on any atom is 0.450 e. The number of hydrogen-bond acceptors (Lipinski definition) is 3. The van der Waals surface area contributed by atoms with E-state index < -0.39 is 18.4 Å². The highest BCUT2D eigenvalue weighted by Crippen LogP contribution is 2.17. The number of Topliss-reactive ketones (excluding diaryl/α,β-unsaturated/α-hetero) is 1. The summed E-state index contributed by atoms with van der Waals surface area (Å²) in [6, 6.07) is 0. The number of carbonyl (C=O) groups excluding carboxylic acids is 1. The summed E-state index contributed by atoms with van der Waals surface area (Å²) in [5.74, 6) is -1.77. The monoisotopic (exact) mass is 207 g/mol. The molecule has 0 amide bonds. The van der Waals surface area contributed by atoms with Crippen molar-refractivity contribution in [2.24, 2.45) is 0 Å². The average Bonchev–Trinajstić information content (AvgIpc) is 2.50. The fourth-order valence-corrected chi connectivity index (χ4v) is 0.933. The number of ketones is 1. The highest BCUT2D eigenvalue weighted by atomic mass is 19.4. The minimum atomic E-state index is -4.80. The van der Waals surface area contributed by atoms with Crippen LogP contribution in [0.25, 0.3) is 0 Å². The van der Waals surface area contributed by atoms with Gasteiger partial charge in [0.25, 0.3) is 0 Å². The molecule has 1 heterocycles. The molecule has 0 aliphatic rings. The second kappa shape index (κ2) is 3.77. The zero-order valence-electron chi connectivity index (χ0n) is 7.38. The normalized spacial score (nSPS) is 11.7. The van der Waals surface area contributed by atoms with Crippen LogP contribution < -0.4 is 0 Å². The topological polar surface area (TPSA) is 47.8 Å². The van der Waals surface area contributed by atoms with Gasteiger partial charge in [-0.25, -0.2) is 9.67 Å². The fraction of sp³-hybridized carbons (Fsp3) is 0.571. The molecule has 4 nitrogen and oxygen atoms in total. The quantitative estimate of drug-likeness (QED) is 0.742. The Kier molecular flexibility index (Phi) is 2.87. The zero-order chi connectivity index (χ0) is 10.8. The summed E-state index contributed by atoms with van der Waals surface area (Å²) in [6.45, 7) is 2.09. The van der Waals surface area contributed by atoms with Crippen LogP contribution >= 0.6 is 0 Å². The fourth-order valence-electron chi connectivity index (χ4n) is 0.933. The molecule has 78 valence electrons. The van der Waals surface area contributed by atoms with Crippen LogP contribution in [0.3, 0.4) is 0 Å². The molecule has 0 saturated carbocycles. The van der Waals surface area contributed by atoms with E-state index in [4.69, 9.17) is 0 Å². The van der Waals surface area contributed by atoms with Crippen molar-refractivity contribution in [3.8, 4) is 0 Å². The second-order valence-electron chi connectivity index (χ2n) is 2.59. The molecule has 0 atom stereocenters. The van der Waals surface area contributed by atoms with Crippen LogP contribution in [0.2, 0.25) is 0 Å². The van der Waals surface area contributed by atoms with Crippen molar-refractivity contribution in [2.45, 2.75) is 26.1 Å². The van der Waals surface area contributed by atoms with Gasteiger partial charge in [0, 0.05) is 6.54 Å². The number of nitrogens with zero attached hydrogens (tertiary/aromatic N) is 3. The first-order valence-electron chi connectivity index (χ1n) is 3.92. The van der Waals surface area contributed by atoms with Crippen LogP contribution in [0.4, 0.5) is 13.2 Å². The molecule has 1 aromatic heterocycles. The number of halogens is 3. The maximum absolute atomic E-state index is 11.9. The standard InChI is InChI=1S/C7H8F3N3O/c1-2-13-6(11-4-12-13)3-5(14)7(8,9)10/h4H,2-3H2,1H3. The minimum Gasteiger partial charge on any atom is -0.289 e. The summed E-state index contributed by atoms with van der Waals surface area (Å²) in [6.07, 6.45) is -4.43. The van der Waals surface area contributed by atoms with E-state index in [0.29, 0.717) is 6.54 Å². The van der Waals surface area contributed by atoms with E-state index in [0.717, 1.165) is 6.33 Å². The summed E-state index contributed by atoms with van der Waals surface area (Å²) >= 11 is 0. The first-order valence-corrected chi connectivity index (χ1v) is 3.92. The summed E-state index contributed by atoms with van der Waals surface area (Å²) in [4.78, 5) is 14.2. The van der Waals surface area contributed by atoms with Crippen LogP contribution in [0.1, 0.15) is 12.7 Å². The van der Waals surface area contributed by atoms with Gasteiger partial charge in [0.05, 0.1) is 6.42 Å². The van der Waals surface area contributed by atoms with Gasteiger partial charge in [-0.05, 0) is 6.92 Å². The van der Waals surface area contributed by atoms with Gasteiger partial charge in [-0.1, -0.05) is 0 Å². The van der Waals surface area contributed by atoms with Crippen LogP contribution in [0.5, 0.6) is 0 Å². The third-order valence-corrected chi connectivity index (χ3v) is 1.63. The largest absolute Gasteiger partial charge is 0.450 e. The summed E-state index contributed by atoms with van der Waals surface area (Å²) in [5, 5.41) is 3.66. The van der Waals surface area contributed by atoms with Crippen molar-refractivity contribution in [3.05, 3.63) is 12.2 Å². The van der Waals surface area contributed by atoms with Crippen LogP contribution in [0, 0.1) is 0 Å². The summed E-state index contributed by atoms with van der Waals surface area (Å²) in [7, 11) is 0. The Bertz CT molecular complexity index is 331. The second-order valence-corrected chi connectivity index (χ2v) is 2.59. The molecule has 0 radical (unpaired) electrons. The van der Waals surface area contributed by atoms with E-state index >= 15 is 0 Å². The Labute approximate surface area is 77.7 Å². The average molecular weight is 207 g/mol. The van der Waals surface area contributed by atoms with Gasteiger partial charge in [-0.2, -0.15) is 18.3 Å². The molecule has 0 spiro atoms. The number of aryl methyl sites for hydroxylation is 1. The number of carbonyl (C=O) groups is 1. The Balaban J connectivity index is 2.74. The van der Waals surface area contributed by atoms with E-state index in [1.165, 1.54) is 4.68 Å². The van der Waals surface area contributed by atoms with E-state index in [1.807, 2.05) is 0 Å². The maximum atomic E-state index is 11.9. The molecule has 7 heteroatoms. The highest BCUT2D eigenvalue weighted by molar-refractivity contribution is 5.85. The van der Waals surface area contributed by atoms with E-state index in [9.17, 15) is 18.0 Å². The van der Waals surface area contributed by atoms with Gasteiger partial charge in [-0.15, -0.1) is 0 Å². The molecule has 0 aromatic carbocycles. The lowest BCUT2D eigenvalue weighted by Gasteiger charge is -2.04. The first kappa shape index (κ1) is 10.7. The molecular weight excluding hydrogens is 199 g/mol. The van der Waals surface area contributed by atoms with Crippen LogP contribution in [0.15, 0.2) is 6.33 Å². The zero-order valence-corrected chi connectivity index (χ0v) is 7.38. The van der Waals surface area contributed by atoms with Gasteiger partial charge < -0.3 is 0 Å². The SMILES string of the molecule is CCn1ncnc1CC(=O)C(F)(F)F. The lowest BCUT2D eigenvalue weighted by atomic mass is 10.2. The van der Waals surface area contributed by atoms with Crippen molar-refractivity contribution in [2.75, 3.05) is 0 Å². The minimum absolute atomic E-state index is 0.0369. The van der Waals surface area contributed by atoms with Gasteiger partial charge in [0.2, 0.25) is 5.78 Å². The molecule has 0 unspecified atom stereocenters. The molecule has 1 aromatic rings. The highest BCUT2D eigenvalue weighted by Gasteiger charge is 2.38. The van der Waals surface area contributed by atoms with E-state index in [-0.39, 0.29) is 5.82 Å². The number of hydrogen-bond donors (Lipinski definition) is 0. The number of alkyl halides is 3. The molecule has 14 heavy (non-hydrogen) atoms. The van der Waals surface area contributed by atoms with Crippen LogP contribution in [-0.4, -0.2) is 26.7 Å². The smallest absolute Gasteiger partial charge is 0.289 e. The lowest BCUT2D eigenvalue weighted by Crippen LogP contribution is -2.26. The molecule has 0 N–H and O–H groups in total. The third-order valence-electron chi connectivity index (χ3n) is 1.63. The Hall–Kier alpha value is -1.40. The first-order chi connectivity index (χ1) is 6.45. The predicted molar refractivity (Wildman–Crippen MR) is 40.5 cm³/mol. The van der Waals surface area contributed by atoms with Crippen molar-refractivity contribution in [1.82, 2.24) is 14.8 Å². The molecule has 0 aliphatic carbocycles. The molecule has 0 aliphatic heterocycles. The molecule has 0 fully saturated rings. The van der Waals surface area contributed by atoms with Crippen molar-refractivity contribution >= 4 is 5.78 Å². The van der Waals surface area contributed by atoms with Gasteiger partial charge in [-0.3, -0.25) is 4.79 Å². The van der Waals surface area contributed by atoms with Gasteiger partial charge in [0.15, 0.2) is 0 Å². The Morgan fingerprint density at radius 2 is 2.21 bits per heavy atom. The molecule has 0 saturated heterocycles. The molecule has 1 rings (SSSR count). The predicted octanol–water partition coefficient (Wildman–Crippen LogP) is 0.972. The lowest BCUT2D eigenvalue weighted by molar-refractivity contribution is -0.170. The molecule has 0 bridgehead atoms. The van der Waals surface area contributed by atoms with E-state index in [1.54, 1.807) is 6.92 Å². The number of rotatable bonds is 3. The van der Waals surface area contributed by atoms with E-state index in [2.05, 4.69) is 10.1 Å². The Morgan fingerprint density at radius 3 is 2.71 bits per heavy atom. The van der Waals surface area contributed by atoms with Crippen molar-refractivity contribution in [1.29, 1.82) is 0 Å². The third kappa shape index (κ3) is 2.30. The van der Waals surface area contributed by atoms with Crippen LogP contribution in [-0.2, 0) is 17.8 Å². The van der Waals surface area contributed by atoms with Gasteiger partial charge in [0.1, 0.15) is 12.2 Å². The van der Waals surface area contributed by atoms with Gasteiger partial charge >= 0.3 is 6.18 Å². The molecular formula is C7H8F3N3O.